The summed E-state index contributed by atoms with van der Waals surface area (Å²) in [7, 11) is 0. The van der Waals surface area contributed by atoms with Crippen molar-refractivity contribution in [3.63, 3.8) is 0 Å². The van der Waals surface area contributed by atoms with Crippen molar-refractivity contribution in [2.45, 2.75) is 58.9 Å². The molecule has 0 radical (unpaired) electrons. The summed E-state index contributed by atoms with van der Waals surface area (Å²) in [4.78, 5) is 25.9. The highest BCUT2D eigenvalue weighted by Gasteiger charge is 2.33. The van der Waals surface area contributed by atoms with Gasteiger partial charge in [-0.15, -0.1) is 23.7 Å². The zero-order valence-corrected chi connectivity index (χ0v) is 19.7. The molecule has 1 atom stereocenters. The SMILES string of the molecule is CCc1nc(C)c(CN(C(=O)C2CCCc3c(O)cccc32)c2ccc(C)cn2)s1.Cl. The molecule has 1 aliphatic rings. The van der Waals surface area contributed by atoms with Gasteiger partial charge in [0.25, 0.3) is 0 Å². The fourth-order valence-corrected chi connectivity index (χ4v) is 5.09. The highest BCUT2D eigenvalue weighted by molar-refractivity contribution is 7.11. The van der Waals surface area contributed by atoms with E-state index in [1.165, 1.54) is 0 Å². The molecule has 1 aliphatic carbocycles. The molecule has 0 saturated carbocycles. The molecule has 31 heavy (non-hydrogen) atoms. The minimum absolute atomic E-state index is 0. The third kappa shape index (κ3) is 4.75. The fourth-order valence-electron chi connectivity index (χ4n) is 4.10. The molecular formula is C24H28ClN3O2S. The minimum Gasteiger partial charge on any atom is -0.508 e. The average Bonchev–Trinajstić information content (AvgIpc) is 3.12. The third-order valence-corrected chi connectivity index (χ3v) is 7.05. The van der Waals surface area contributed by atoms with Crippen LogP contribution in [0.4, 0.5) is 5.82 Å². The number of aryl methyl sites for hydroxylation is 3. The summed E-state index contributed by atoms with van der Waals surface area (Å²) >= 11 is 1.66. The number of amides is 1. The Morgan fingerprint density at radius 3 is 2.74 bits per heavy atom. The molecule has 5 nitrogen and oxygen atoms in total. The number of aromatic hydroxyl groups is 1. The maximum absolute atomic E-state index is 13.8. The van der Waals surface area contributed by atoms with Gasteiger partial charge < -0.3 is 5.11 Å². The Hall–Kier alpha value is -2.44. The molecule has 0 aliphatic heterocycles. The van der Waals surface area contributed by atoms with Gasteiger partial charge in [-0.2, -0.15) is 0 Å². The topological polar surface area (TPSA) is 66.3 Å². The maximum Gasteiger partial charge on any atom is 0.236 e. The quantitative estimate of drug-likeness (QED) is 0.549. The summed E-state index contributed by atoms with van der Waals surface area (Å²) in [6.45, 7) is 6.55. The molecular weight excluding hydrogens is 430 g/mol. The van der Waals surface area contributed by atoms with Gasteiger partial charge in [0, 0.05) is 11.1 Å². The molecule has 2 aromatic heterocycles. The lowest BCUT2D eigenvalue weighted by atomic mass is 9.81. The second kappa shape index (κ2) is 9.79. The number of thiazole rings is 1. The summed E-state index contributed by atoms with van der Waals surface area (Å²) in [5.74, 6) is 0.700. The van der Waals surface area contributed by atoms with Crippen LogP contribution in [0.15, 0.2) is 36.5 Å². The van der Waals surface area contributed by atoms with Gasteiger partial charge in [0.05, 0.1) is 23.2 Å². The minimum atomic E-state index is -0.275. The molecule has 0 spiro atoms. The van der Waals surface area contributed by atoms with Crippen molar-refractivity contribution in [1.29, 1.82) is 0 Å². The standard InChI is InChI=1S/C24H27N3O2S.ClH/c1-4-23-26-16(3)21(30-23)14-27(22-12-11-15(2)13-25-22)24(29)19-9-5-8-18-17(19)7-6-10-20(18)28;/h6-7,10-13,19,28H,4-5,8-9,14H2,1-3H3;1H. The number of nitrogens with zero attached hydrogens (tertiary/aromatic N) is 3. The second-order valence-corrected chi connectivity index (χ2v) is 9.05. The predicted molar refractivity (Wildman–Crippen MR) is 127 cm³/mol. The van der Waals surface area contributed by atoms with Gasteiger partial charge >= 0.3 is 0 Å². The highest BCUT2D eigenvalue weighted by Crippen LogP contribution is 2.38. The van der Waals surface area contributed by atoms with E-state index in [1.54, 1.807) is 28.5 Å². The van der Waals surface area contributed by atoms with Crippen molar-refractivity contribution in [2.75, 3.05) is 4.90 Å². The van der Waals surface area contributed by atoms with Crippen LogP contribution < -0.4 is 4.90 Å². The average molecular weight is 458 g/mol. The molecule has 164 valence electrons. The lowest BCUT2D eigenvalue weighted by Gasteiger charge is -2.30. The van der Waals surface area contributed by atoms with Gasteiger partial charge in [0.2, 0.25) is 5.91 Å². The van der Waals surface area contributed by atoms with Crippen molar-refractivity contribution in [3.05, 3.63) is 68.8 Å². The van der Waals surface area contributed by atoms with Crippen LogP contribution in [-0.4, -0.2) is 21.0 Å². The predicted octanol–water partition coefficient (Wildman–Crippen LogP) is 5.50. The van der Waals surface area contributed by atoms with Gasteiger partial charge in [0.15, 0.2) is 0 Å². The Balaban J connectivity index is 0.00000272. The van der Waals surface area contributed by atoms with Crippen LogP contribution in [0.1, 0.15) is 58.0 Å². The van der Waals surface area contributed by atoms with Crippen LogP contribution in [-0.2, 0) is 24.2 Å². The molecule has 4 rings (SSSR count). The Morgan fingerprint density at radius 1 is 1.26 bits per heavy atom. The number of pyridine rings is 1. The number of hydrogen-bond acceptors (Lipinski definition) is 5. The number of hydrogen-bond donors (Lipinski definition) is 1. The fraction of sp³-hybridized carbons (Fsp3) is 0.375. The van der Waals surface area contributed by atoms with Crippen molar-refractivity contribution in [3.8, 4) is 5.75 Å². The molecule has 7 heteroatoms. The summed E-state index contributed by atoms with van der Waals surface area (Å²) in [6, 6.07) is 9.41. The molecule has 0 saturated heterocycles. The number of carbonyl (C=O) groups is 1. The van der Waals surface area contributed by atoms with E-state index in [2.05, 4.69) is 16.9 Å². The monoisotopic (exact) mass is 457 g/mol. The first kappa shape index (κ1) is 23.2. The van der Waals surface area contributed by atoms with E-state index in [-0.39, 0.29) is 30.0 Å². The van der Waals surface area contributed by atoms with Crippen molar-refractivity contribution in [1.82, 2.24) is 9.97 Å². The Bertz CT molecular complexity index is 1070. The van der Waals surface area contributed by atoms with Crippen LogP contribution in [0.25, 0.3) is 0 Å². The van der Waals surface area contributed by atoms with Gasteiger partial charge in [-0.3, -0.25) is 9.69 Å². The Labute approximate surface area is 193 Å². The van der Waals surface area contributed by atoms with Gasteiger partial charge in [-0.05, 0) is 68.4 Å². The summed E-state index contributed by atoms with van der Waals surface area (Å²) < 4.78 is 0. The zero-order valence-electron chi connectivity index (χ0n) is 18.1. The van der Waals surface area contributed by atoms with Crippen LogP contribution in [0.5, 0.6) is 5.75 Å². The molecule has 0 fully saturated rings. The third-order valence-electron chi connectivity index (χ3n) is 5.76. The lowest BCUT2D eigenvalue weighted by molar-refractivity contribution is -0.120. The largest absolute Gasteiger partial charge is 0.508 e. The van der Waals surface area contributed by atoms with Crippen molar-refractivity contribution in [2.24, 2.45) is 0 Å². The molecule has 3 aromatic rings. The molecule has 0 bridgehead atoms. The summed E-state index contributed by atoms with van der Waals surface area (Å²) in [5, 5.41) is 11.4. The number of phenolic OH excluding ortho intramolecular Hbond substituents is 1. The smallest absolute Gasteiger partial charge is 0.236 e. The molecule has 1 aromatic carbocycles. The van der Waals surface area contributed by atoms with Gasteiger partial charge in [0.1, 0.15) is 11.6 Å². The maximum atomic E-state index is 13.8. The van der Waals surface area contributed by atoms with Crippen LogP contribution in [0.2, 0.25) is 0 Å². The second-order valence-electron chi connectivity index (χ2n) is 7.88. The number of fused-ring (bicyclic) bond motifs is 1. The van der Waals surface area contributed by atoms with E-state index in [0.717, 1.165) is 58.0 Å². The van der Waals surface area contributed by atoms with E-state index in [0.29, 0.717) is 12.4 Å². The molecule has 1 amide bonds. The zero-order chi connectivity index (χ0) is 21.3. The Kier molecular flexibility index (Phi) is 7.34. The van der Waals surface area contributed by atoms with E-state index in [4.69, 9.17) is 0 Å². The molecule has 2 heterocycles. The molecule has 1 unspecified atom stereocenters. The number of anilines is 1. The van der Waals surface area contributed by atoms with E-state index >= 15 is 0 Å². The van der Waals surface area contributed by atoms with Crippen LogP contribution in [0.3, 0.4) is 0 Å². The number of rotatable bonds is 5. The van der Waals surface area contributed by atoms with E-state index < -0.39 is 0 Å². The van der Waals surface area contributed by atoms with Gasteiger partial charge in [-0.25, -0.2) is 9.97 Å². The van der Waals surface area contributed by atoms with Crippen LogP contribution >= 0.6 is 23.7 Å². The summed E-state index contributed by atoms with van der Waals surface area (Å²) in [5.41, 5.74) is 3.88. The number of aromatic nitrogens is 2. The lowest BCUT2D eigenvalue weighted by Crippen LogP contribution is -2.36. The number of halogens is 1. The Morgan fingerprint density at radius 2 is 2.06 bits per heavy atom. The molecule has 1 N–H and O–H groups in total. The van der Waals surface area contributed by atoms with Gasteiger partial charge in [-0.1, -0.05) is 25.1 Å². The van der Waals surface area contributed by atoms with Crippen molar-refractivity contribution >= 4 is 35.5 Å². The van der Waals surface area contributed by atoms with E-state index in [1.807, 2.05) is 38.1 Å². The normalized spacial score (nSPS) is 15.1. The van der Waals surface area contributed by atoms with E-state index in [9.17, 15) is 9.90 Å². The number of benzene rings is 1. The summed E-state index contributed by atoms with van der Waals surface area (Å²) in [6.07, 6.45) is 5.16. The number of phenols is 1. The highest BCUT2D eigenvalue weighted by atomic mass is 35.5. The van der Waals surface area contributed by atoms with Crippen LogP contribution in [0, 0.1) is 13.8 Å². The van der Waals surface area contributed by atoms with Crippen molar-refractivity contribution < 1.29 is 9.90 Å². The first-order valence-corrected chi connectivity index (χ1v) is 11.3. The first-order valence-electron chi connectivity index (χ1n) is 10.5. The number of carbonyl (C=O) groups excluding carboxylic acids is 1. The first-order chi connectivity index (χ1) is 14.5.